The predicted molar refractivity (Wildman–Crippen MR) is 70.0 cm³/mol. The maximum absolute atomic E-state index is 4.12. The molecule has 0 aliphatic carbocycles. The molecule has 17 heavy (non-hydrogen) atoms. The van der Waals surface area contributed by atoms with E-state index in [1.807, 2.05) is 4.68 Å². The molecule has 0 saturated carbocycles. The Kier molecular flexibility index (Phi) is 5.58. The van der Waals surface area contributed by atoms with Gasteiger partial charge in [0.05, 0.1) is 6.04 Å². The van der Waals surface area contributed by atoms with Gasteiger partial charge in [-0.25, -0.2) is 9.67 Å². The van der Waals surface area contributed by atoms with Gasteiger partial charge in [-0.2, -0.15) is 5.10 Å². The molecule has 5 nitrogen and oxygen atoms in total. The largest absolute Gasteiger partial charge is 0.315 e. The first kappa shape index (κ1) is 14.1. The van der Waals surface area contributed by atoms with Gasteiger partial charge in [0, 0.05) is 12.1 Å². The topological polar surface area (TPSA) is 54.8 Å². The number of nitrogens with one attached hydrogen (secondary N) is 2. The Morgan fingerprint density at radius 1 is 1.29 bits per heavy atom. The highest BCUT2D eigenvalue weighted by molar-refractivity contribution is 4.70. The molecule has 98 valence electrons. The van der Waals surface area contributed by atoms with Gasteiger partial charge in [0.15, 0.2) is 0 Å². The van der Waals surface area contributed by atoms with Crippen LogP contribution in [-0.2, 0) is 0 Å². The Bertz CT molecular complexity index is 288. The third kappa shape index (κ3) is 6.38. The van der Waals surface area contributed by atoms with Gasteiger partial charge < -0.3 is 10.6 Å². The normalized spacial score (nSPS) is 13.9. The van der Waals surface area contributed by atoms with Crippen LogP contribution in [-0.4, -0.2) is 39.9 Å². The Morgan fingerprint density at radius 3 is 2.65 bits per heavy atom. The van der Waals surface area contributed by atoms with Crippen molar-refractivity contribution >= 4 is 0 Å². The second-order valence-corrected chi connectivity index (χ2v) is 5.46. The number of hydrogen-bond acceptors (Lipinski definition) is 4. The fraction of sp³-hybridized carbons (Fsp3) is 0.833. The highest BCUT2D eigenvalue weighted by atomic mass is 15.3. The van der Waals surface area contributed by atoms with E-state index in [4.69, 9.17) is 0 Å². The SMILES string of the molecule is CC(CNCCCNC(C)(C)C)n1cncn1. The molecule has 0 amide bonds. The molecule has 0 radical (unpaired) electrons. The predicted octanol–water partition coefficient (Wildman–Crippen LogP) is 1.21. The maximum Gasteiger partial charge on any atom is 0.137 e. The minimum atomic E-state index is 0.216. The second kappa shape index (κ2) is 6.71. The zero-order chi connectivity index (χ0) is 12.7. The van der Waals surface area contributed by atoms with Crippen molar-refractivity contribution < 1.29 is 0 Å². The third-order valence-corrected chi connectivity index (χ3v) is 2.51. The Morgan fingerprint density at radius 2 is 2.06 bits per heavy atom. The molecule has 0 spiro atoms. The molecule has 0 aromatic carbocycles. The standard InChI is InChI=1S/C12H25N5/c1-11(17-10-14-9-16-17)8-13-6-5-7-15-12(2,3)4/h9-11,13,15H,5-8H2,1-4H3. The minimum Gasteiger partial charge on any atom is -0.315 e. The van der Waals surface area contributed by atoms with Crippen molar-refractivity contribution in [3.8, 4) is 0 Å². The van der Waals surface area contributed by atoms with E-state index in [0.29, 0.717) is 6.04 Å². The van der Waals surface area contributed by atoms with Crippen LogP contribution in [0.15, 0.2) is 12.7 Å². The van der Waals surface area contributed by atoms with Crippen molar-refractivity contribution in [1.82, 2.24) is 25.4 Å². The summed E-state index contributed by atoms with van der Waals surface area (Å²) in [5, 5.41) is 11.0. The van der Waals surface area contributed by atoms with Crippen LogP contribution in [0.2, 0.25) is 0 Å². The molecule has 0 fully saturated rings. The van der Waals surface area contributed by atoms with E-state index in [2.05, 4.69) is 48.4 Å². The number of nitrogens with zero attached hydrogens (tertiary/aromatic N) is 3. The number of rotatable bonds is 7. The van der Waals surface area contributed by atoms with Gasteiger partial charge >= 0.3 is 0 Å². The highest BCUT2D eigenvalue weighted by Gasteiger charge is 2.07. The van der Waals surface area contributed by atoms with Crippen LogP contribution in [0.25, 0.3) is 0 Å². The lowest BCUT2D eigenvalue weighted by atomic mass is 10.1. The first-order chi connectivity index (χ1) is 7.99. The van der Waals surface area contributed by atoms with Crippen LogP contribution >= 0.6 is 0 Å². The molecule has 1 rings (SSSR count). The molecule has 0 aliphatic rings. The fourth-order valence-electron chi connectivity index (χ4n) is 1.53. The van der Waals surface area contributed by atoms with Crippen LogP contribution in [0.3, 0.4) is 0 Å². The summed E-state index contributed by atoms with van der Waals surface area (Å²) in [7, 11) is 0. The molecule has 0 bridgehead atoms. The van der Waals surface area contributed by atoms with Crippen molar-refractivity contribution in [3.05, 3.63) is 12.7 Å². The molecule has 1 aromatic rings. The molecular formula is C12H25N5. The van der Waals surface area contributed by atoms with Gasteiger partial charge in [-0.3, -0.25) is 0 Å². The molecule has 0 saturated heterocycles. The second-order valence-electron chi connectivity index (χ2n) is 5.46. The molecule has 1 atom stereocenters. The highest BCUT2D eigenvalue weighted by Crippen LogP contribution is 1.99. The van der Waals surface area contributed by atoms with Gasteiger partial charge in [0.25, 0.3) is 0 Å². The van der Waals surface area contributed by atoms with E-state index in [-0.39, 0.29) is 5.54 Å². The summed E-state index contributed by atoms with van der Waals surface area (Å²) in [6.45, 7) is 11.7. The molecular weight excluding hydrogens is 214 g/mol. The zero-order valence-corrected chi connectivity index (χ0v) is 11.4. The fourth-order valence-corrected chi connectivity index (χ4v) is 1.53. The molecule has 1 heterocycles. The van der Waals surface area contributed by atoms with Crippen molar-refractivity contribution in [1.29, 1.82) is 0 Å². The molecule has 1 aromatic heterocycles. The van der Waals surface area contributed by atoms with Crippen LogP contribution in [0.4, 0.5) is 0 Å². The summed E-state index contributed by atoms with van der Waals surface area (Å²) >= 11 is 0. The van der Waals surface area contributed by atoms with Crippen LogP contribution in [0.1, 0.15) is 40.2 Å². The van der Waals surface area contributed by atoms with E-state index < -0.39 is 0 Å². The zero-order valence-electron chi connectivity index (χ0n) is 11.4. The summed E-state index contributed by atoms with van der Waals surface area (Å²) < 4.78 is 1.88. The van der Waals surface area contributed by atoms with Gasteiger partial charge in [0.2, 0.25) is 0 Å². The minimum absolute atomic E-state index is 0.216. The van der Waals surface area contributed by atoms with Crippen molar-refractivity contribution in [2.24, 2.45) is 0 Å². The average molecular weight is 239 g/mol. The quantitative estimate of drug-likeness (QED) is 0.702. The molecule has 0 aliphatic heterocycles. The van der Waals surface area contributed by atoms with Crippen molar-refractivity contribution in [3.63, 3.8) is 0 Å². The van der Waals surface area contributed by atoms with Crippen molar-refractivity contribution in [2.45, 2.75) is 45.7 Å². The molecule has 1 unspecified atom stereocenters. The van der Waals surface area contributed by atoms with E-state index in [0.717, 1.165) is 26.1 Å². The lowest BCUT2D eigenvalue weighted by molar-refractivity contribution is 0.409. The van der Waals surface area contributed by atoms with E-state index >= 15 is 0 Å². The smallest absolute Gasteiger partial charge is 0.137 e. The Labute approximate surface area is 104 Å². The third-order valence-electron chi connectivity index (χ3n) is 2.51. The van der Waals surface area contributed by atoms with Crippen LogP contribution in [0.5, 0.6) is 0 Å². The van der Waals surface area contributed by atoms with Gasteiger partial charge in [0.1, 0.15) is 12.7 Å². The summed E-state index contributed by atoms with van der Waals surface area (Å²) in [5.74, 6) is 0. The van der Waals surface area contributed by atoms with E-state index in [1.54, 1.807) is 12.7 Å². The molecule has 5 heteroatoms. The van der Waals surface area contributed by atoms with Gasteiger partial charge in [-0.15, -0.1) is 0 Å². The number of hydrogen-bond donors (Lipinski definition) is 2. The van der Waals surface area contributed by atoms with Crippen molar-refractivity contribution in [2.75, 3.05) is 19.6 Å². The lowest BCUT2D eigenvalue weighted by Gasteiger charge is -2.20. The van der Waals surface area contributed by atoms with Crippen LogP contribution < -0.4 is 10.6 Å². The summed E-state index contributed by atoms with van der Waals surface area (Å²) in [6, 6.07) is 0.355. The van der Waals surface area contributed by atoms with Gasteiger partial charge in [-0.1, -0.05) is 0 Å². The average Bonchev–Trinajstić information content (AvgIpc) is 2.74. The molecule has 2 N–H and O–H groups in total. The maximum atomic E-state index is 4.12. The summed E-state index contributed by atoms with van der Waals surface area (Å²) in [5.41, 5.74) is 0.216. The van der Waals surface area contributed by atoms with Crippen LogP contribution in [0, 0.1) is 0 Å². The van der Waals surface area contributed by atoms with E-state index in [1.165, 1.54) is 0 Å². The Balaban J connectivity index is 2.01. The number of aromatic nitrogens is 3. The monoisotopic (exact) mass is 239 g/mol. The lowest BCUT2D eigenvalue weighted by Crippen LogP contribution is -2.37. The van der Waals surface area contributed by atoms with Gasteiger partial charge in [-0.05, 0) is 47.2 Å². The summed E-state index contributed by atoms with van der Waals surface area (Å²) in [6.07, 6.45) is 4.47. The summed E-state index contributed by atoms with van der Waals surface area (Å²) in [4.78, 5) is 3.94. The van der Waals surface area contributed by atoms with E-state index in [9.17, 15) is 0 Å². The first-order valence-corrected chi connectivity index (χ1v) is 6.29. The Hall–Kier alpha value is -0.940. The first-order valence-electron chi connectivity index (χ1n) is 6.29.